The number of rotatable bonds is 0. The molecule has 0 spiro atoms. The van der Waals surface area contributed by atoms with Gasteiger partial charge in [0.2, 0.25) is 17.1 Å². The highest BCUT2D eigenvalue weighted by Gasteiger charge is 2.09. The maximum atomic E-state index is 5.65. The summed E-state index contributed by atoms with van der Waals surface area (Å²) in [6.45, 7) is 8.17. The van der Waals surface area contributed by atoms with Crippen LogP contribution in [0.1, 0.15) is 22.3 Å². The number of furan rings is 2. The van der Waals surface area contributed by atoms with Crippen LogP contribution in [0.15, 0.2) is 63.8 Å². The SMILES string of the molecule is Cc1ccc2oc3ncc(C)cc3c2c1.Cc1cnc2oc3ncc(C)cc3c2c1. The molecule has 30 heavy (non-hydrogen) atoms. The molecular weight excluding hydrogens is 374 g/mol. The topological polar surface area (TPSA) is 65.0 Å². The van der Waals surface area contributed by atoms with E-state index in [0.29, 0.717) is 11.4 Å². The lowest BCUT2D eigenvalue weighted by Crippen LogP contribution is -1.77. The van der Waals surface area contributed by atoms with Gasteiger partial charge in [-0.25, -0.2) is 15.0 Å². The lowest BCUT2D eigenvalue weighted by atomic mass is 10.1. The van der Waals surface area contributed by atoms with Crippen LogP contribution in [0, 0.1) is 27.7 Å². The molecule has 0 fully saturated rings. The number of nitrogens with zero attached hydrogens (tertiary/aromatic N) is 3. The summed E-state index contributed by atoms with van der Waals surface area (Å²) in [5.74, 6) is 0. The molecule has 0 aliphatic heterocycles. The second-order valence-corrected chi connectivity index (χ2v) is 7.80. The maximum absolute atomic E-state index is 5.65. The Kier molecular flexibility index (Phi) is 4.24. The minimum absolute atomic E-state index is 0.661. The Hall–Kier alpha value is -3.73. The van der Waals surface area contributed by atoms with Crippen molar-refractivity contribution in [3.63, 3.8) is 0 Å². The zero-order valence-electron chi connectivity index (χ0n) is 17.4. The van der Waals surface area contributed by atoms with E-state index in [1.54, 1.807) is 12.4 Å². The molecule has 0 amide bonds. The molecule has 5 aromatic heterocycles. The summed E-state index contributed by atoms with van der Waals surface area (Å²) < 4.78 is 11.2. The first-order chi connectivity index (χ1) is 14.5. The van der Waals surface area contributed by atoms with Gasteiger partial charge in [-0.2, -0.15) is 0 Å². The summed E-state index contributed by atoms with van der Waals surface area (Å²) in [5.41, 5.74) is 7.62. The van der Waals surface area contributed by atoms with Crippen molar-refractivity contribution in [1.29, 1.82) is 0 Å². The molecule has 5 nitrogen and oxygen atoms in total. The van der Waals surface area contributed by atoms with Gasteiger partial charge in [0.25, 0.3) is 0 Å². The highest BCUT2D eigenvalue weighted by atomic mass is 16.3. The predicted octanol–water partition coefficient (Wildman–Crippen LogP) is 6.59. The van der Waals surface area contributed by atoms with Gasteiger partial charge < -0.3 is 8.83 Å². The summed E-state index contributed by atoms with van der Waals surface area (Å²) in [6, 6.07) is 12.5. The van der Waals surface area contributed by atoms with Gasteiger partial charge in [0.1, 0.15) is 5.58 Å². The summed E-state index contributed by atoms with van der Waals surface area (Å²) in [5, 5.41) is 4.34. The van der Waals surface area contributed by atoms with Gasteiger partial charge in [0.05, 0.1) is 10.8 Å². The Bertz CT molecular complexity index is 1310. The number of pyridine rings is 3. The van der Waals surface area contributed by atoms with E-state index in [2.05, 4.69) is 52.2 Å². The normalized spacial score (nSPS) is 11.3. The molecule has 0 radical (unpaired) electrons. The number of aryl methyl sites for hydroxylation is 4. The smallest absolute Gasteiger partial charge is 0.229 e. The van der Waals surface area contributed by atoms with Gasteiger partial charge in [-0.15, -0.1) is 0 Å². The highest BCUT2D eigenvalue weighted by Crippen LogP contribution is 2.28. The third-order valence-electron chi connectivity index (χ3n) is 5.08. The molecular formula is C25H21N3O2. The van der Waals surface area contributed by atoms with Crippen LogP contribution in [0.3, 0.4) is 0 Å². The van der Waals surface area contributed by atoms with E-state index >= 15 is 0 Å². The first kappa shape index (κ1) is 18.3. The second-order valence-electron chi connectivity index (χ2n) is 7.80. The van der Waals surface area contributed by atoms with Gasteiger partial charge >= 0.3 is 0 Å². The number of benzene rings is 1. The number of hydrogen-bond acceptors (Lipinski definition) is 5. The van der Waals surface area contributed by atoms with E-state index in [0.717, 1.165) is 49.5 Å². The Morgan fingerprint density at radius 1 is 0.500 bits per heavy atom. The zero-order chi connectivity index (χ0) is 20.8. The minimum Gasteiger partial charge on any atom is -0.438 e. The quantitative estimate of drug-likeness (QED) is 0.290. The Labute approximate surface area is 173 Å². The average Bonchev–Trinajstić information content (AvgIpc) is 3.26. The molecule has 148 valence electrons. The highest BCUT2D eigenvalue weighted by molar-refractivity contribution is 6.04. The Morgan fingerprint density at radius 2 is 0.933 bits per heavy atom. The van der Waals surface area contributed by atoms with E-state index in [4.69, 9.17) is 8.83 Å². The lowest BCUT2D eigenvalue weighted by molar-refractivity contribution is 0.639. The zero-order valence-corrected chi connectivity index (χ0v) is 17.4. The summed E-state index contributed by atoms with van der Waals surface area (Å²) >= 11 is 0. The fourth-order valence-corrected chi connectivity index (χ4v) is 3.63. The van der Waals surface area contributed by atoms with Crippen molar-refractivity contribution in [2.75, 3.05) is 0 Å². The van der Waals surface area contributed by atoms with Gasteiger partial charge in [-0.05, 0) is 74.7 Å². The second kappa shape index (κ2) is 6.95. The maximum Gasteiger partial charge on any atom is 0.229 e. The molecule has 5 heterocycles. The van der Waals surface area contributed by atoms with Crippen molar-refractivity contribution in [1.82, 2.24) is 15.0 Å². The number of aromatic nitrogens is 3. The first-order valence-electron chi connectivity index (χ1n) is 9.85. The molecule has 0 atom stereocenters. The van der Waals surface area contributed by atoms with E-state index in [-0.39, 0.29) is 0 Å². The van der Waals surface area contributed by atoms with Gasteiger partial charge in [-0.3, -0.25) is 0 Å². The molecule has 0 unspecified atom stereocenters. The average molecular weight is 395 g/mol. The van der Waals surface area contributed by atoms with Gasteiger partial charge in [0, 0.05) is 29.4 Å². The van der Waals surface area contributed by atoms with Gasteiger partial charge in [0.15, 0.2) is 0 Å². The summed E-state index contributed by atoms with van der Waals surface area (Å²) in [7, 11) is 0. The fourth-order valence-electron chi connectivity index (χ4n) is 3.63. The molecule has 0 aliphatic carbocycles. The third-order valence-corrected chi connectivity index (χ3v) is 5.08. The summed E-state index contributed by atoms with van der Waals surface area (Å²) in [6.07, 6.45) is 5.44. The Morgan fingerprint density at radius 3 is 1.47 bits per heavy atom. The van der Waals surface area contributed by atoms with Gasteiger partial charge in [-0.1, -0.05) is 11.6 Å². The molecule has 0 saturated carbocycles. The largest absolute Gasteiger partial charge is 0.438 e. The standard InChI is InChI=1S/C13H11NO.C12H10N2O/c1-8-3-4-12-10(5-8)11-6-9(2)7-14-13(11)15-12;1-7-3-9-10-4-8(2)6-14-12(10)15-11(9)13-5-7/h3-7H,1-2H3;3-6H,1-2H3. The van der Waals surface area contributed by atoms with Crippen molar-refractivity contribution in [3.8, 4) is 0 Å². The van der Waals surface area contributed by atoms with Crippen LogP contribution in [0.25, 0.3) is 44.3 Å². The van der Waals surface area contributed by atoms with Crippen LogP contribution in [0.4, 0.5) is 0 Å². The molecule has 6 rings (SSSR count). The molecule has 0 N–H and O–H groups in total. The van der Waals surface area contributed by atoms with E-state index in [1.807, 2.05) is 33.0 Å². The van der Waals surface area contributed by atoms with E-state index in [9.17, 15) is 0 Å². The molecule has 0 aliphatic rings. The fraction of sp³-hybridized carbons (Fsp3) is 0.160. The lowest BCUT2D eigenvalue weighted by Gasteiger charge is -1.92. The first-order valence-corrected chi connectivity index (χ1v) is 9.85. The molecule has 6 aromatic rings. The van der Waals surface area contributed by atoms with E-state index in [1.165, 1.54) is 5.56 Å². The summed E-state index contributed by atoms with van der Waals surface area (Å²) in [4.78, 5) is 12.8. The molecule has 5 heteroatoms. The Balaban J connectivity index is 0.000000128. The van der Waals surface area contributed by atoms with E-state index < -0.39 is 0 Å². The van der Waals surface area contributed by atoms with Crippen LogP contribution in [0.2, 0.25) is 0 Å². The predicted molar refractivity (Wildman–Crippen MR) is 120 cm³/mol. The molecule has 1 aromatic carbocycles. The molecule has 0 bridgehead atoms. The van der Waals surface area contributed by atoms with Crippen molar-refractivity contribution in [2.24, 2.45) is 0 Å². The third kappa shape index (κ3) is 3.18. The van der Waals surface area contributed by atoms with Crippen molar-refractivity contribution in [3.05, 3.63) is 77.2 Å². The molecule has 0 saturated heterocycles. The van der Waals surface area contributed by atoms with Crippen molar-refractivity contribution >= 4 is 44.3 Å². The minimum atomic E-state index is 0.661. The van der Waals surface area contributed by atoms with Crippen LogP contribution >= 0.6 is 0 Å². The van der Waals surface area contributed by atoms with Crippen molar-refractivity contribution in [2.45, 2.75) is 27.7 Å². The monoisotopic (exact) mass is 395 g/mol. The number of hydrogen-bond donors (Lipinski definition) is 0. The number of fused-ring (bicyclic) bond motifs is 6. The van der Waals surface area contributed by atoms with Crippen molar-refractivity contribution < 1.29 is 8.83 Å². The van der Waals surface area contributed by atoms with Crippen LogP contribution in [0.5, 0.6) is 0 Å². The van der Waals surface area contributed by atoms with Crippen LogP contribution in [-0.4, -0.2) is 15.0 Å². The van der Waals surface area contributed by atoms with Crippen LogP contribution < -0.4 is 0 Å². The van der Waals surface area contributed by atoms with Crippen LogP contribution in [-0.2, 0) is 0 Å².